The minimum absolute atomic E-state index is 0.318. The quantitative estimate of drug-likeness (QED) is 0.880. The van der Waals surface area contributed by atoms with Gasteiger partial charge in [-0.25, -0.2) is 4.79 Å². The zero-order chi connectivity index (χ0) is 17.7. The average molecular weight is 341 g/mol. The monoisotopic (exact) mass is 341 g/mol. The van der Waals surface area contributed by atoms with Crippen LogP contribution < -0.4 is 5.32 Å². The van der Waals surface area contributed by atoms with Crippen molar-refractivity contribution in [3.8, 4) is 6.07 Å². The van der Waals surface area contributed by atoms with Crippen LogP contribution in [-0.4, -0.2) is 41.8 Å². The Morgan fingerprint density at radius 1 is 1.20 bits per heavy atom. The number of nitrogens with one attached hydrogen (secondary N) is 1. The smallest absolute Gasteiger partial charge is 0.404 e. The molecule has 0 atom stereocenters. The number of nitrogens with zero attached hydrogens (tertiary/aromatic N) is 2. The first-order chi connectivity index (χ1) is 12.1. The van der Waals surface area contributed by atoms with Crippen molar-refractivity contribution >= 4 is 6.09 Å². The fraction of sp³-hybridized carbons (Fsp3) is 0.600. The molecule has 1 aromatic carbocycles. The molecule has 2 fully saturated rings. The Morgan fingerprint density at radius 3 is 2.40 bits per heavy atom. The first kappa shape index (κ1) is 17.8. The highest BCUT2D eigenvalue weighted by molar-refractivity contribution is 5.64. The number of nitriles is 1. The first-order valence-electron chi connectivity index (χ1n) is 9.30. The van der Waals surface area contributed by atoms with E-state index in [1.807, 2.05) is 18.2 Å². The van der Waals surface area contributed by atoms with Crippen LogP contribution in [0.2, 0.25) is 0 Å². The molecule has 0 bridgehead atoms. The van der Waals surface area contributed by atoms with Crippen LogP contribution in [0.4, 0.5) is 4.79 Å². The molecule has 134 valence electrons. The summed E-state index contributed by atoms with van der Waals surface area (Å²) in [6, 6.07) is 13.4. The second kappa shape index (κ2) is 7.88. The summed E-state index contributed by atoms with van der Waals surface area (Å²) in [7, 11) is 0. The molecule has 1 heterocycles. The van der Waals surface area contributed by atoms with Crippen LogP contribution in [-0.2, 0) is 5.41 Å². The summed E-state index contributed by atoms with van der Waals surface area (Å²) in [5, 5.41) is 21.0. The van der Waals surface area contributed by atoms with E-state index in [0.717, 1.165) is 57.2 Å². The van der Waals surface area contributed by atoms with Crippen LogP contribution in [0, 0.1) is 17.2 Å². The molecular weight excluding hydrogens is 314 g/mol. The zero-order valence-corrected chi connectivity index (χ0v) is 14.7. The number of benzene rings is 1. The van der Waals surface area contributed by atoms with Gasteiger partial charge in [0.2, 0.25) is 0 Å². The van der Waals surface area contributed by atoms with Crippen LogP contribution in [0.1, 0.15) is 44.1 Å². The van der Waals surface area contributed by atoms with Gasteiger partial charge in [0.1, 0.15) is 0 Å². The van der Waals surface area contributed by atoms with E-state index in [1.165, 1.54) is 0 Å². The molecule has 1 aromatic rings. The van der Waals surface area contributed by atoms with Crippen LogP contribution in [0.15, 0.2) is 30.3 Å². The van der Waals surface area contributed by atoms with E-state index in [-0.39, 0.29) is 5.41 Å². The minimum atomic E-state index is -0.927. The van der Waals surface area contributed by atoms with Crippen molar-refractivity contribution in [1.29, 1.82) is 5.26 Å². The van der Waals surface area contributed by atoms with Gasteiger partial charge >= 0.3 is 6.09 Å². The fourth-order valence-electron chi connectivity index (χ4n) is 4.44. The normalized spacial score (nSPS) is 28.2. The summed E-state index contributed by atoms with van der Waals surface area (Å²) >= 11 is 0. The fourth-order valence-corrected chi connectivity index (χ4v) is 4.44. The molecule has 1 saturated carbocycles. The third kappa shape index (κ3) is 4.13. The number of carbonyl (C=O) groups is 1. The molecule has 1 aliphatic heterocycles. The van der Waals surface area contributed by atoms with Gasteiger partial charge in [0.25, 0.3) is 0 Å². The molecule has 0 spiro atoms. The van der Waals surface area contributed by atoms with Gasteiger partial charge in [-0.2, -0.15) is 5.26 Å². The third-order valence-corrected chi connectivity index (χ3v) is 6.06. The summed E-state index contributed by atoms with van der Waals surface area (Å²) < 4.78 is 0. The van der Waals surface area contributed by atoms with Crippen molar-refractivity contribution in [1.82, 2.24) is 10.2 Å². The highest BCUT2D eigenvalue weighted by Gasteiger charge is 2.39. The lowest BCUT2D eigenvalue weighted by Crippen LogP contribution is -2.46. The maximum Gasteiger partial charge on any atom is 0.404 e. The lowest BCUT2D eigenvalue weighted by Gasteiger charge is -2.43. The van der Waals surface area contributed by atoms with Gasteiger partial charge in [0.15, 0.2) is 0 Å². The summed E-state index contributed by atoms with van der Waals surface area (Å²) in [5.74, 6) is 0.457. The Hall–Kier alpha value is -2.06. The highest BCUT2D eigenvalue weighted by atomic mass is 16.4. The lowest BCUT2D eigenvalue weighted by atomic mass is 9.69. The van der Waals surface area contributed by atoms with Crippen molar-refractivity contribution in [3.05, 3.63) is 35.9 Å². The zero-order valence-electron chi connectivity index (χ0n) is 14.7. The highest BCUT2D eigenvalue weighted by Crippen LogP contribution is 2.40. The Morgan fingerprint density at radius 2 is 1.84 bits per heavy atom. The summed E-state index contributed by atoms with van der Waals surface area (Å²) in [4.78, 5) is 13.2. The SMILES string of the molecule is N#CC1(c2ccccc2)CCC(N2CCC(CNC(=O)O)CC2)CC1. The molecule has 3 rings (SSSR count). The van der Waals surface area contributed by atoms with Crippen LogP contribution >= 0.6 is 0 Å². The number of hydrogen-bond acceptors (Lipinski definition) is 3. The third-order valence-electron chi connectivity index (χ3n) is 6.06. The largest absolute Gasteiger partial charge is 0.465 e. The van der Waals surface area contributed by atoms with Crippen LogP contribution in [0.3, 0.4) is 0 Å². The van der Waals surface area contributed by atoms with Crippen molar-refractivity contribution in [2.24, 2.45) is 5.92 Å². The van der Waals surface area contributed by atoms with Gasteiger partial charge < -0.3 is 15.3 Å². The lowest BCUT2D eigenvalue weighted by molar-refractivity contribution is 0.0942. The maximum atomic E-state index is 10.6. The van der Waals surface area contributed by atoms with E-state index in [4.69, 9.17) is 5.11 Å². The van der Waals surface area contributed by atoms with Gasteiger partial charge in [0.05, 0.1) is 11.5 Å². The summed E-state index contributed by atoms with van der Waals surface area (Å²) in [5.41, 5.74) is 0.844. The van der Waals surface area contributed by atoms with E-state index < -0.39 is 6.09 Å². The minimum Gasteiger partial charge on any atom is -0.465 e. The van der Waals surface area contributed by atoms with Gasteiger partial charge in [-0.3, -0.25) is 0 Å². The number of rotatable bonds is 4. The number of piperidine rings is 1. The number of likely N-dealkylation sites (tertiary alicyclic amines) is 1. The second-order valence-electron chi connectivity index (χ2n) is 7.46. The topological polar surface area (TPSA) is 76.4 Å². The molecule has 5 heteroatoms. The Bertz CT molecular complexity index is 610. The van der Waals surface area contributed by atoms with Gasteiger partial charge in [0, 0.05) is 12.6 Å². The van der Waals surface area contributed by atoms with Crippen LogP contribution in [0.25, 0.3) is 0 Å². The van der Waals surface area contributed by atoms with E-state index in [0.29, 0.717) is 18.5 Å². The van der Waals surface area contributed by atoms with E-state index in [9.17, 15) is 10.1 Å². The van der Waals surface area contributed by atoms with Gasteiger partial charge in [-0.1, -0.05) is 30.3 Å². The van der Waals surface area contributed by atoms with Crippen LogP contribution in [0.5, 0.6) is 0 Å². The van der Waals surface area contributed by atoms with E-state index in [2.05, 4.69) is 28.4 Å². The van der Waals surface area contributed by atoms with E-state index >= 15 is 0 Å². The van der Waals surface area contributed by atoms with Crippen molar-refractivity contribution in [3.63, 3.8) is 0 Å². The van der Waals surface area contributed by atoms with Crippen molar-refractivity contribution in [2.75, 3.05) is 19.6 Å². The first-order valence-corrected chi connectivity index (χ1v) is 9.30. The summed E-state index contributed by atoms with van der Waals surface area (Å²) in [6.07, 6.45) is 5.18. The molecule has 1 amide bonds. The standard InChI is InChI=1S/C20H27N3O2/c21-15-20(17-4-2-1-3-5-17)10-6-18(7-11-20)23-12-8-16(9-13-23)14-22-19(24)25/h1-5,16,18,22H,6-14H2,(H,24,25). The van der Waals surface area contributed by atoms with Gasteiger partial charge in [-0.15, -0.1) is 0 Å². The number of carboxylic acid groups (broad SMARTS) is 1. The van der Waals surface area contributed by atoms with Gasteiger partial charge in [-0.05, 0) is 63.1 Å². The molecule has 1 aliphatic carbocycles. The molecule has 0 radical (unpaired) electrons. The number of hydrogen-bond donors (Lipinski definition) is 2. The Balaban J connectivity index is 1.51. The molecule has 0 unspecified atom stereocenters. The van der Waals surface area contributed by atoms with Crippen molar-refractivity contribution < 1.29 is 9.90 Å². The summed E-state index contributed by atoms with van der Waals surface area (Å²) in [6.45, 7) is 2.66. The van der Waals surface area contributed by atoms with Crippen molar-refractivity contribution in [2.45, 2.75) is 50.0 Å². The predicted molar refractivity (Wildman–Crippen MR) is 96.3 cm³/mol. The molecule has 2 aliphatic rings. The number of amides is 1. The molecule has 5 nitrogen and oxygen atoms in total. The molecule has 25 heavy (non-hydrogen) atoms. The predicted octanol–water partition coefficient (Wildman–Crippen LogP) is 3.37. The average Bonchev–Trinajstić information content (AvgIpc) is 2.67. The molecular formula is C20H27N3O2. The maximum absolute atomic E-state index is 10.6. The molecule has 1 saturated heterocycles. The van der Waals surface area contributed by atoms with E-state index in [1.54, 1.807) is 0 Å². The Labute approximate surface area is 149 Å². The molecule has 0 aromatic heterocycles. The molecule has 2 N–H and O–H groups in total. The Kier molecular flexibility index (Phi) is 5.60. The second-order valence-corrected chi connectivity index (χ2v) is 7.46.